The molecular weight excluding hydrogens is 373 g/mol. The highest BCUT2D eigenvalue weighted by molar-refractivity contribution is 5.46. The number of likely N-dealkylation sites (N-methyl/N-ethyl adjacent to an activating group) is 1. The number of alkyl halides is 3. The lowest BCUT2D eigenvalue weighted by molar-refractivity contribution is -0.141. The lowest BCUT2D eigenvalue weighted by Gasteiger charge is -2.26. The van der Waals surface area contributed by atoms with Crippen molar-refractivity contribution in [2.75, 3.05) is 39.3 Å². The van der Waals surface area contributed by atoms with Crippen molar-refractivity contribution in [3.63, 3.8) is 0 Å². The summed E-state index contributed by atoms with van der Waals surface area (Å²) in [6.07, 6.45) is -2.69. The Kier molecular flexibility index (Phi) is 5.93. The number of aromatic nitrogens is 2. The molecule has 0 N–H and O–H groups in total. The van der Waals surface area contributed by atoms with Gasteiger partial charge in [0.1, 0.15) is 17.8 Å². The molecule has 0 spiro atoms. The van der Waals surface area contributed by atoms with Gasteiger partial charge in [0.05, 0.1) is 14.2 Å². The predicted octanol–water partition coefficient (Wildman–Crippen LogP) is 3.22. The summed E-state index contributed by atoms with van der Waals surface area (Å²) in [5, 5.41) is 0. The van der Waals surface area contributed by atoms with Gasteiger partial charge in [-0.2, -0.15) is 13.2 Å². The van der Waals surface area contributed by atoms with Crippen molar-refractivity contribution < 1.29 is 22.6 Å². The van der Waals surface area contributed by atoms with Crippen LogP contribution in [0.2, 0.25) is 0 Å². The molecule has 3 rings (SSSR count). The third kappa shape index (κ3) is 4.30. The fourth-order valence-electron chi connectivity index (χ4n) is 3.47. The van der Waals surface area contributed by atoms with Gasteiger partial charge >= 0.3 is 6.18 Å². The zero-order chi connectivity index (χ0) is 20.3. The van der Waals surface area contributed by atoms with Crippen LogP contribution in [0.1, 0.15) is 17.7 Å². The van der Waals surface area contributed by atoms with Crippen molar-refractivity contribution in [3.8, 4) is 11.5 Å². The number of methoxy groups -OCH3 is 2. The Morgan fingerprint density at radius 1 is 1.21 bits per heavy atom. The van der Waals surface area contributed by atoms with E-state index in [2.05, 4.69) is 14.9 Å². The molecule has 1 unspecified atom stereocenters. The minimum Gasteiger partial charge on any atom is -0.493 e. The second-order valence-electron chi connectivity index (χ2n) is 6.70. The quantitative estimate of drug-likeness (QED) is 0.747. The van der Waals surface area contributed by atoms with Crippen LogP contribution < -0.4 is 14.4 Å². The van der Waals surface area contributed by atoms with Crippen LogP contribution in [0.15, 0.2) is 30.6 Å². The largest absolute Gasteiger partial charge is 0.493 e. The van der Waals surface area contributed by atoms with Gasteiger partial charge in [0.15, 0.2) is 11.5 Å². The first-order valence-electron chi connectivity index (χ1n) is 8.87. The molecule has 2 aromatic rings. The standard InChI is InChI=1S/C19H23F3N4O2/c1-25(17-9-16(19(20,21)22)23-12-24-17)14-7-8-26(11-14)10-13-5-4-6-15(27-2)18(13)28-3/h4-6,9,12,14H,7-8,10-11H2,1-3H3. The second-order valence-corrected chi connectivity index (χ2v) is 6.70. The first-order chi connectivity index (χ1) is 13.3. The van der Waals surface area contributed by atoms with Crippen LogP contribution in [0.5, 0.6) is 11.5 Å². The summed E-state index contributed by atoms with van der Waals surface area (Å²) in [6, 6.07) is 6.80. The average molecular weight is 396 g/mol. The van der Waals surface area contributed by atoms with Gasteiger partial charge in [0.25, 0.3) is 0 Å². The van der Waals surface area contributed by atoms with Gasteiger partial charge in [-0.05, 0) is 12.5 Å². The highest BCUT2D eigenvalue weighted by Gasteiger charge is 2.34. The Balaban J connectivity index is 1.69. The first kappa shape index (κ1) is 20.2. The molecule has 0 saturated carbocycles. The van der Waals surface area contributed by atoms with Crippen LogP contribution in [0.4, 0.5) is 19.0 Å². The smallest absolute Gasteiger partial charge is 0.433 e. The van der Waals surface area contributed by atoms with E-state index in [4.69, 9.17) is 9.47 Å². The van der Waals surface area contributed by atoms with E-state index in [-0.39, 0.29) is 11.9 Å². The molecule has 1 aromatic carbocycles. The van der Waals surface area contributed by atoms with Gasteiger partial charge in [-0.25, -0.2) is 9.97 Å². The number of ether oxygens (including phenoxy) is 2. The van der Waals surface area contributed by atoms with E-state index in [9.17, 15) is 13.2 Å². The summed E-state index contributed by atoms with van der Waals surface area (Å²) in [6.45, 7) is 2.21. The molecule has 1 saturated heterocycles. The van der Waals surface area contributed by atoms with E-state index < -0.39 is 11.9 Å². The molecule has 28 heavy (non-hydrogen) atoms. The number of halogens is 3. The molecule has 0 aliphatic carbocycles. The number of anilines is 1. The van der Waals surface area contributed by atoms with Crippen LogP contribution >= 0.6 is 0 Å². The predicted molar refractivity (Wildman–Crippen MR) is 98.7 cm³/mol. The average Bonchev–Trinajstić information content (AvgIpc) is 3.15. The van der Waals surface area contributed by atoms with Gasteiger partial charge in [-0.15, -0.1) is 0 Å². The van der Waals surface area contributed by atoms with Crippen molar-refractivity contribution in [1.82, 2.24) is 14.9 Å². The van der Waals surface area contributed by atoms with Crippen molar-refractivity contribution in [3.05, 3.63) is 41.9 Å². The summed E-state index contributed by atoms with van der Waals surface area (Å²) in [4.78, 5) is 11.4. The van der Waals surface area contributed by atoms with Crippen molar-refractivity contribution in [1.29, 1.82) is 0 Å². The topological polar surface area (TPSA) is 50.7 Å². The van der Waals surface area contributed by atoms with E-state index in [0.717, 1.165) is 30.9 Å². The van der Waals surface area contributed by atoms with E-state index in [1.165, 1.54) is 0 Å². The Labute approximate surface area is 161 Å². The molecule has 6 nitrogen and oxygen atoms in total. The lowest BCUT2D eigenvalue weighted by Crippen LogP contribution is -2.35. The number of benzene rings is 1. The van der Waals surface area contributed by atoms with Gasteiger partial charge in [-0.3, -0.25) is 4.90 Å². The number of likely N-dealkylation sites (tertiary alicyclic amines) is 1. The minimum absolute atomic E-state index is 0.0626. The third-order valence-electron chi connectivity index (χ3n) is 4.98. The molecule has 1 aromatic heterocycles. The Morgan fingerprint density at radius 3 is 2.68 bits per heavy atom. The minimum atomic E-state index is -4.48. The van der Waals surface area contributed by atoms with Crippen LogP contribution in [-0.4, -0.2) is 55.3 Å². The number of para-hydroxylation sites is 1. The molecule has 0 amide bonds. The third-order valence-corrected chi connectivity index (χ3v) is 4.98. The monoisotopic (exact) mass is 396 g/mol. The van der Waals surface area contributed by atoms with E-state index >= 15 is 0 Å². The molecule has 1 fully saturated rings. The molecular formula is C19H23F3N4O2. The maximum Gasteiger partial charge on any atom is 0.433 e. The summed E-state index contributed by atoms with van der Waals surface area (Å²) < 4.78 is 49.5. The molecule has 0 radical (unpaired) electrons. The summed E-state index contributed by atoms with van der Waals surface area (Å²) >= 11 is 0. The highest BCUT2D eigenvalue weighted by Crippen LogP contribution is 2.33. The lowest BCUT2D eigenvalue weighted by atomic mass is 10.1. The fourth-order valence-corrected chi connectivity index (χ4v) is 3.47. The van der Waals surface area contributed by atoms with Crippen LogP contribution in [0.3, 0.4) is 0 Å². The zero-order valence-electron chi connectivity index (χ0n) is 16.0. The molecule has 1 aliphatic rings. The maximum atomic E-state index is 12.9. The number of rotatable bonds is 6. The molecule has 9 heteroatoms. The van der Waals surface area contributed by atoms with Gasteiger partial charge in [0.2, 0.25) is 0 Å². The van der Waals surface area contributed by atoms with Crippen molar-refractivity contribution in [2.24, 2.45) is 0 Å². The van der Waals surface area contributed by atoms with Gasteiger partial charge in [-0.1, -0.05) is 12.1 Å². The number of hydrogen-bond donors (Lipinski definition) is 0. The van der Waals surface area contributed by atoms with Crippen LogP contribution in [0.25, 0.3) is 0 Å². The molecule has 152 valence electrons. The fraction of sp³-hybridized carbons (Fsp3) is 0.474. The normalized spacial score (nSPS) is 17.6. The number of hydrogen-bond acceptors (Lipinski definition) is 6. The van der Waals surface area contributed by atoms with Crippen molar-refractivity contribution >= 4 is 5.82 Å². The molecule has 1 atom stereocenters. The Hall–Kier alpha value is -2.55. The second kappa shape index (κ2) is 8.22. The molecule has 0 bridgehead atoms. The van der Waals surface area contributed by atoms with E-state index in [0.29, 0.717) is 24.6 Å². The number of nitrogens with zero attached hydrogens (tertiary/aromatic N) is 4. The highest BCUT2D eigenvalue weighted by atomic mass is 19.4. The summed E-state index contributed by atoms with van der Waals surface area (Å²) in [5.74, 6) is 1.65. The summed E-state index contributed by atoms with van der Waals surface area (Å²) in [5.41, 5.74) is 0.0758. The summed E-state index contributed by atoms with van der Waals surface area (Å²) in [7, 11) is 4.97. The van der Waals surface area contributed by atoms with E-state index in [1.807, 2.05) is 18.2 Å². The molecule has 2 heterocycles. The van der Waals surface area contributed by atoms with Gasteiger partial charge in [0, 0.05) is 44.4 Å². The SMILES string of the molecule is COc1cccc(CN2CCC(N(C)c3cc(C(F)(F)F)ncn3)C2)c1OC. The Bertz CT molecular complexity index is 816. The Morgan fingerprint density at radius 2 is 2.00 bits per heavy atom. The van der Waals surface area contributed by atoms with Crippen LogP contribution in [0, 0.1) is 0 Å². The zero-order valence-corrected chi connectivity index (χ0v) is 16.0. The van der Waals surface area contributed by atoms with Gasteiger partial charge < -0.3 is 14.4 Å². The van der Waals surface area contributed by atoms with Crippen LogP contribution in [-0.2, 0) is 12.7 Å². The van der Waals surface area contributed by atoms with Crippen molar-refractivity contribution in [2.45, 2.75) is 25.2 Å². The maximum absolute atomic E-state index is 12.9. The first-order valence-corrected chi connectivity index (χ1v) is 8.87. The van der Waals surface area contributed by atoms with E-state index in [1.54, 1.807) is 26.2 Å². The molecule has 1 aliphatic heterocycles.